The molecule has 2 aromatic carbocycles. The lowest BCUT2D eigenvalue weighted by Gasteiger charge is -2.17. The molecule has 5 N–H and O–H groups in total. The van der Waals surface area contributed by atoms with Gasteiger partial charge in [-0.3, -0.25) is 9.78 Å². The summed E-state index contributed by atoms with van der Waals surface area (Å²) >= 11 is 6.98. The Kier molecular flexibility index (Phi) is 10.4. The molecular weight excluding hydrogens is 583 g/mol. The number of pyridine rings is 2. The molecule has 0 unspecified atom stereocenters. The molecule has 1 aliphatic heterocycles. The fraction of sp³-hybridized carbons (Fsp3) is 0.303. The van der Waals surface area contributed by atoms with E-state index in [1.165, 1.54) is 0 Å². The summed E-state index contributed by atoms with van der Waals surface area (Å²) in [6.07, 6.45) is 3.09. The zero-order valence-electron chi connectivity index (χ0n) is 24.7. The molecule has 230 valence electrons. The van der Waals surface area contributed by atoms with Crippen molar-refractivity contribution < 1.29 is 19.0 Å². The van der Waals surface area contributed by atoms with Crippen LogP contribution in [0.3, 0.4) is 0 Å². The summed E-state index contributed by atoms with van der Waals surface area (Å²) in [6.45, 7) is 3.83. The first-order chi connectivity index (χ1) is 21.4. The number of aromatic nitrogens is 2. The molecule has 0 radical (unpaired) electrons. The van der Waals surface area contributed by atoms with Crippen LogP contribution in [0.4, 0.5) is 15.8 Å². The Balaban J connectivity index is 1.37. The summed E-state index contributed by atoms with van der Waals surface area (Å²) in [6, 6.07) is 16.7. The van der Waals surface area contributed by atoms with Crippen molar-refractivity contribution in [1.82, 2.24) is 25.9 Å². The van der Waals surface area contributed by atoms with Crippen molar-refractivity contribution in [2.24, 2.45) is 0 Å². The lowest BCUT2D eigenvalue weighted by molar-refractivity contribution is -0.119. The maximum Gasteiger partial charge on any atom is 0.220 e. The van der Waals surface area contributed by atoms with Crippen LogP contribution in [0.5, 0.6) is 5.88 Å². The number of nitrogens with one attached hydrogen (secondary N) is 4. The molecule has 2 aromatic heterocycles. The van der Waals surface area contributed by atoms with E-state index in [2.05, 4.69) is 26.3 Å². The van der Waals surface area contributed by atoms with Gasteiger partial charge in [0.2, 0.25) is 11.8 Å². The second-order valence-corrected chi connectivity index (χ2v) is 11.0. The minimum atomic E-state index is -0.357. The number of rotatable bonds is 13. The summed E-state index contributed by atoms with van der Waals surface area (Å²) in [5.41, 5.74) is 6.04. The third-order valence-corrected chi connectivity index (χ3v) is 8.01. The van der Waals surface area contributed by atoms with Gasteiger partial charge in [0.25, 0.3) is 0 Å². The number of aliphatic hydroxyl groups is 1. The number of methoxy groups -OCH3 is 1. The summed E-state index contributed by atoms with van der Waals surface area (Å²) in [5.74, 6) is 0.220. The molecule has 1 atom stereocenters. The van der Waals surface area contributed by atoms with E-state index >= 15 is 4.39 Å². The number of hydrogen-bond donors (Lipinski definition) is 5. The number of aliphatic hydroxyl groups excluding tert-OH is 1. The van der Waals surface area contributed by atoms with Gasteiger partial charge in [-0.25, -0.2) is 9.37 Å². The largest absolute Gasteiger partial charge is 0.481 e. The molecule has 0 aliphatic carbocycles. The normalized spacial score (nSPS) is 14.5. The maximum absolute atomic E-state index is 15.3. The molecule has 44 heavy (non-hydrogen) atoms. The molecule has 1 saturated heterocycles. The number of amides is 1. The van der Waals surface area contributed by atoms with Gasteiger partial charge in [-0.2, -0.15) is 0 Å². The Morgan fingerprint density at radius 1 is 1.05 bits per heavy atom. The molecule has 0 spiro atoms. The van der Waals surface area contributed by atoms with E-state index in [0.29, 0.717) is 71.7 Å². The van der Waals surface area contributed by atoms with Crippen LogP contribution in [0.25, 0.3) is 22.5 Å². The third kappa shape index (κ3) is 7.16. The molecule has 5 rings (SSSR count). The second-order valence-electron chi connectivity index (χ2n) is 10.6. The van der Waals surface area contributed by atoms with Crippen LogP contribution in [0.2, 0.25) is 5.02 Å². The number of carbonyl (C=O) groups is 1. The first kappa shape index (κ1) is 31.3. The van der Waals surface area contributed by atoms with Gasteiger partial charge in [0, 0.05) is 72.8 Å². The van der Waals surface area contributed by atoms with Crippen LogP contribution in [-0.4, -0.2) is 53.8 Å². The van der Waals surface area contributed by atoms with E-state index in [0.717, 1.165) is 28.8 Å². The van der Waals surface area contributed by atoms with Crippen LogP contribution in [-0.2, 0) is 17.9 Å². The Morgan fingerprint density at radius 3 is 2.61 bits per heavy atom. The number of benzene rings is 2. The second kappa shape index (κ2) is 14.6. The monoisotopic (exact) mass is 618 g/mol. The Morgan fingerprint density at radius 2 is 1.84 bits per heavy atom. The minimum Gasteiger partial charge on any atom is -0.481 e. The molecule has 11 heteroatoms. The van der Waals surface area contributed by atoms with Gasteiger partial charge in [-0.15, -0.1) is 0 Å². The standard InChI is InChI=1S/C33H36ClFN6O3/c1-20-24(6-4-7-26(20)40-28-8-3-5-21(31(28)35)17-36-15-16-42)32-30(34)25(13-14-38-32)27-11-9-22(33(41-27)44-2)18-37-19-23-10-12-29(43)39-23/h3-9,11,13-14,23,36-37,40,42H,10,12,15-19H2,1-2H3,(H,39,43)/t23-/m0/s1. The summed E-state index contributed by atoms with van der Waals surface area (Å²) in [7, 11) is 1.58. The average Bonchev–Trinajstić information content (AvgIpc) is 3.45. The third-order valence-electron chi connectivity index (χ3n) is 7.63. The van der Waals surface area contributed by atoms with Gasteiger partial charge in [-0.1, -0.05) is 41.9 Å². The number of ether oxygens (including phenoxy) is 1. The predicted molar refractivity (Wildman–Crippen MR) is 171 cm³/mol. The van der Waals surface area contributed by atoms with Crippen molar-refractivity contribution in [1.29, 1.82) is 0 Å². The highest BCUT2D eigenvalue weighted by Crippen LogP contribution is 2.38. The molecule has 1 amide bonds. The molecule has 4 aromatic rings. The zero-order valence-corrected chi connectivity index (χ0v) is 25.5. The van der Waals surface area contributed by atoms with E-state index in [4.69, 9.17) is 26.4 Å². The van der Waals surface area contributed by atoms with E-state index in [9.17, 15) is 4.79 Å². The smallest absolute Gasteiger partial charge is 0.220 e. The number of hydrogen-bond acceptors (Lipinski definition) is 8. The zero-order chi connectivity index (χ0) is 31.1. The average molecular weight is 619 g/mol. The van der Waals surface area contributed by atoms with Gasteiger partial charge in [-0.05, 0) is 43.2 Å². The van der Waals surface area contributed by atoms with Gasteiger partial charge < -0.3 is 31.1 Å². The van der Waals surface area contributed by atoms with Gasteiger partial charge >= 0.3 is 0 Å². The van der Waals surface area contributed by atoms with Crippen molar-refractivity contribution in [3.8, 4) is 28.4 Å². The molecular formula is C33H36ClFN6O3. The molecule has 0 saturated carbocycles. The summed E-state index contributed by atoms with van der Waals surface area (Å²) in [5, 5.41) is 22.0. The van der Waals surface area contributed by atoms with E-state index < -0.39 is 0 Å². The maximum atomic E-state index is 15.3. The number of carbonyl (C=O) groups excluding carboxylic acids is 1. The lowest BCUT2D eigenvalue weighted by atomic mass is 10.0. The molecule has 9 nitrogen and oxygen atoms in total. The van der Waals surface area contributed by atoms with Crippen molar-refractivity contribution in [2.75, 3.05) is 32.1 Å². The first-order valence-electron chi connectivity index (χ1n) is 14.5. The highest BCUT2D eigenvalue weighted by atomic mass is 35.5. The van der Waals surface area contributed by atoms with Gasteiger partial charge in [0.1, 0.15) is 0 Å². The minimum absolute atomic E-state index is 0.0149. The molecule has 0 bridgehead atoms. The van der Waals surface area contributed by atoms with E-state index in [1.807, 2.05) is 43.3 Å². The van der Waals surface area contributed by atoms with Crippen LogP contribution in [0.15, 0.2) is 60.8 Å². The van der Waals surface area contributed by atoms with Crippen LogP contribution < -0.4 is 26.0 Å². The molecule has 1 fully saturated rings. The van der Waals surface area contributed by atoms with Crippen LogP contribution in [0, 0.1) is 12.7 Å². The number of anilines is 2. The van der Waals surface area contributed by atoms with Crippen LogP contribution in [0.1, 0.15) is 29.5 Å². The Labute approximate surface area is 261 Å². The van der Waals surface area contributed by atoms with Crippen LogP contribution >= 0.6 is 11.6 Å². The number of nitrogens with zero attached hydrogens (tertiary/aromatic N) is 2. The summed E-state index contributed by atoms with van der Waals surface area (Å²) < 4.78 is 20.9. The van der Waals surface area contributed by atoms with Crippen molar-refractivity contribution in [3.63, 3.8) is 0 Å². The quantitative estimate of drug-likeness (QED) is 0.131. The van der Waals surface area contributed by atoms with E-state index in [-0.39, 0.29) is 24.4 Å². The van der Waals surface area contributed by atoms with Gasteiger partial charge in [0.05, 0.1) is 35.8 Å². The fourth-order valence-corrected chi connectivity index (χ4v) is 5.57. The molecule has 3 heterocycles. The topological polar surface area (TPSA) is 120 Å². The highest BCUT2D eigenvalue weighted by molar-refractivity contribution is 6.35. The van der Waals surface area contributed by atoms with E-state index in [1.54, 1.807) is 31.5 Å². The number of halogens is 2. The highest BCUT2D eigenvalue weighted by Gasteiger charge is 2.21. The van der Waals surface area contributed by atoms with Crippen molar-refractivity contribution >= 4 is 28.9 Å². The SMILES string of the molecule is COc1nc(-c2ccnc(-c3cccc(Nc4cccc(CNCCO)c4F)c3C)c2Cl)ccc1CNC[C@@H]1CCC(=O)N1. The Hall–Kier alpha value is -4.09. The first-order valence-corrected chi connectivity index (χ1v) is 14.9. The molecule has 1 aliphatic rings. The summed E-state index contributed by atoms with van der Waals surface area (Å²) in [4.78, 5) is 20.8. The van der Waals surface area contributed by atoms with Crippen molar-refractivity contribution in [2.45, 2.75) is 38.9 Å². The van der Waals surface area contributed by atoms with Crippen molar-refractivity contribution in [3.05, 3.63) is 88.3 Å². The fourth-order valence-electron chi connectivity index (χ4n) is 5.26. The van der Waals surface area contributed by atoms with Gasteiger partial charge in [0.15, 0.2) is 5.82 Å². The predicted octanol–water partition coefficient (Wildman–Crippen LogP) is 5.11. The lowest BCUT2D eigenvalue weighted by Crippen LogP contribution is -2.35. The Bertz CT molecular complexity index is 1640.